The molecule has 0 amide bonds. The Morgan fingerprint density at radius 1 is 1.07 bits per heavy atom. The molecule has 1 unspecified atom stereocenters. The molecule has 0 fully saturated rings. The van der Waals surface area contributed by atoms with Gasteiger partial charge in [-0.15, -0.1) is 0 Å². The summed E-state index contributed by atoms with van der Waals surface area (Å²) in [7, 11) is 0. The van der Waals surface area contributed by atoms with Gasteiger partial charge in [0, 0.05) is 0 Å². The Morgan fingerprint density at radius 3 is 1.86 bits per heavy atom. The van der Waals surface area contributed by atoms with Gasteiger partial charge in [0.1, 0.15) is 0 Å². The van der Waals surface area contributed by atoms with Crippen LogP contribution in [0.2, 0.25) is 0 Å². The highest BCUT2D eigenvalue weighted by atomic mass is 16.3. The smallest absolute Gasteiger partial charge is 0.0695 e. The maximum Gasteiger partial charge on any atom is 0.0695 e. The molecule has 0 rings (SSSR count). The molecule has 0 radical (unpaired) electrons. The summed E-state index contributed by atoms with van der Waals surface area (Å²) in [5.74, 6) is 0.681. The van der Waals surface area contributed by atoms with Crippen LogP contribution in [-0.4, -0.2) is 10.7 Å². The van der Waals surface area contributed by atoms with Gasteiger partial charge >= 0.3 is 0 Å². The van der Waals surface area contributed by atoms with Crippen molar-refractivity contribution in [1.29, 1.82) is 0 Å². The van der Waals surface area contributed by atoms with E-state index in [-0.39, 0.29) is 5.41 Å². The van der Waals surface area contributed by atoms with Crippen LogP contribution in [0, 0.1) is 11.3 Å². The maximum absolute atomic E-state index is 10.6. The normalized spacial score (nSPS) is 17.1. The van der Waals surface area contributed by atoms with E-state index in [9.17, 15) is 5.11 Å². The van der Waals surface area contributed by atoms with E-state index in [0.29, 0.717) is 5.92 Å². The molecule has 1 nitrogen and oxygen atoms in total. The van der Waals surface area contributed by atoms with Gasteiger partial charge in [0.15, 0.2) is 0 Å². The lowest BCUT2D eigenvalue weighted by Gasteiger charge is -2.41. The molecule has 0 heterocycles. The first-order valence-corrected chi connectivity index (χ1v) is 5.95. The minimum Gasteiger partial charge on any atom is -0.389 e. The standard InChI is InChI=1S/C13H28O/c1-7-9-13(14,12(4,5)6)10-8-11(2)3/h11,14H,7-10H2,1-6H3. The van der Waals surface area contributed by atoms with Crippen LogP contribution >= 0.6 is 0 Å². The fraction of sp³-hybridized carbons (Fsp3) is 1.00. The predicted molar refractivity (Wildman–Crippen MR) is 63.4 cm³/mol. The van der Waals surface area contributed by atoms with Crippen molar-refractivity contribution in [2.24, 2.45) is 11.3 Å². The van der Waals surface area contributed by atoms with Gasteiger partial charge < -0.3 is 5.11 Å². The third-order valence-corrected chi connectivity index (χ3v) is 3.19. The molecular formula is C13H28O. The quantitative estimate of drug-likeness (QED) is 0.711. The molecule has 0 aliphatic rings. The monoisotopic (exact) mass is 200 g/mol. The van der Waals surface area contributed by atoms with Crippen LogP contribution in [0.3, 0.4) is 0 Å². The van der Waals surface area contributed by atoms with Crippen molar-refractivity contribution in [3.05, 3.63) is 0 Å². The van der Waals surface area contributed by atoms with Gasteiger partial charge in [-0.25, -0.2) is 0 Å². The zero-order valence-corrected chi connectivity index (χ0v) is 10.9. The second kappa shape index (κ2) is 5.16. The second-order valence-corrected chi connectivity index (χ2v) is 5.96. The third kappa shape index (κ3) is 4.00. The average molecular weight is 200 g/mol. The van der Waals surface area contributed by atoms with Crippen molar-refractivity contribution in [2.45, 2.75) is 72.8 Å². The lowest BCUT2D eigenvalue weighted by Crippen LogP contribution is -2.42. The van der Waals surface area contributed by atoms with Gasteiger partial charge in [-0.2, -0.15) is 0 Å². The SMILES string of the molecule is CCCC(O)(CCC(C)C)C(C)(C)C. The third-order valence-electron chi connectivity index (χ3n) is 3.19. The predicted octanol–water partition coefficient (Wildman–Crippen LogP) is 4.00. The Morgan fingerprint density at radius 2 is 1.57 bits per heavy atom. The Labute approximate surface area is 89.9 Å². The van der Waals surface area contributed by atoms with Crippen LogP contribution in [-0.2, 0) is 0 Å². The van der Waals surface area contributed by atoms with Gasteiger partial charge in [0.25, 0.3) is 0 Å². The lowest BCUT2D eigenvalue weighted by molar-refractivity contribution is -0.0747. The van der Waals surface area contributed by atoms with Crippen LogP contribution in [0.15, 0.2) is 0 Å². The van der Waals surface area contributed by atoms with Crippen LogP contribution in [0.4, 0.5) is 0 Å². The highest BCUT2D eigenvalue weighted by Crippen LogP contribution is 2.38. The molecule has 0 bridgehead atoms. The molecule has 1 N–H and O–H groups in total. The van der Waals surface area contributed by atoms with Crippen molar-refractivity contribution < 1.29 is 5.11 Å². The summed E-state index contributed by atoms with van der Waals surface area (Å²) in [4.78, 5) is 0. The highest BCUT2D eigenvalue weighted by Gasteiger charge is 2.38. The Bertz CT molecular complexity index is 155. The molecule has 0 aromatic rings. The van der Waals surface area contributed by atoms with Crippen molar-refractivity contribution in [3.63, 3.8) is 0 Å². The molecule has 1 heteroatoms. The molecule has 0 aromatic carbocycles. The number of hydrogen-bond donors (Lipinski definition) is 1. The zero-order chi connectivity index (χ0) is 11.4. The molecule has 1 atom stereocenters. The summed E-state index contributed by atoms with van der Waals surface area (Å²) in [6.07, 6.45) is 4.03. The molecule has 14 heavy (non-hydrogen) atoms. The van der Waals surface area contributed by atoms with Crippen molar-refractivity contribution in [1.82, 2.24) is 0 Å². The molecule has 0 spiro atoms. The summed E-state index contributed by atoms with van der Waals surface area (Å²) in [6.45, 7) is 13.0. The summed E-state index contributed by atoms with van der Waals surface area (Å²) < 4.78 is 0. The average Bonchev–Trinajstić information content (AvgIpc) is 1.99. The first-order valence-electron chi connectivity index (χ1n) is 5.95. The van der Waals surface area contributed by atoms with E-state index in [4.69, 9.17) is 0 Å². The maximum atomic E-state index is 10.6. The van der Waals surface area contributed by atoms with E-state index in [1.165, 1.54) is 0 Å². The Kier molecular flexibility index (Phi) is 5.14. The van der Waals surface area contributed by atoms with Gasteiger partial charge in [0.2, 0.25) is 0 Å². The van der Waals surface area contributed by atoms with E-state index in [2.05, 4.69) is 41.5 Å². The molecule has 0 saturated carbocycles. The molecule has 0 aromatic heterocycles. The zero-order valence-electron chi connectivity index (χ0n) is 10.9. The van der Waals surface area contributed by atoms with E-state index in [0.717, 1.165) is 25.7 Å². The molecule has 0 aliphatic heterocycles. The van der Waals surface area contributed by atoms with E-state index in [1.54, 1.807) is 0 Å². The molecule has 0 aliphatic carbocycles. The van der Waals surface area contributed by atoms with Gasteiger partial charge in [-0.3, -0.25) is 0 Å². The summed E-state index contributed by atoms with van der Waals surface area (Å²) in [5, 5.41) is 10.6. The largest absolute Gasteiger partial charge is 0.389 e. The van der Waals surface area contributed by atoms with Crippen LogP contribution in [0.1, 0.15) is 67.2 Å². The summed E-state index contributed by atoms with van der Waals surface area (Å²) in [6, 6.07) is 0. The van der Waals surface area contributed by atoms with Crippen molar-refractivity contribution in [2.75, 3.05) is 0 Å². The van der Waals surface area contributed by atoms with Gasteiger partial charge in [0.05, 0.1) is 5.60 Å². The molecule has 0 saturated heterocycles. The van der Waals surface area contributed by atoms with Gasteiger partial charge in [-0.05, 0) is 30.6 Å². The van der Waals surface area contributed by atoms with Crippen LogP contribution < -0.4 is 0 Å². The van der Waals surface area contributed by atoms with Gasteiger partial charge in [-0.1, -0.05) is 48.0 Å². The summed E-state index contributed by atoms with van der Waals surface area (Å²) >= 11 is 0. The lowest BCUT2D eigenvalue weighted by atomic mass is 9.70. The van der Waals surface area contributed by atoms with E-state index >= 15 is 0 Å². The number of rotatable bonds is 5. The van der Waals surface area contributed by atoms with Crippen LogP contribution in [0.25, 0.3) is 0 Å². The fourth-order valence-corrected chi connectivity index (χ4v) is 1.82. The number of hydrogen-bond acceptors (Lipinski definition) is 1. The number of aliphatic hydroxyl groups is 1. The summed E-state index contributed by atoms with van der Waals surface area (Å²) in [5.41, 5.74) is -0.482. The second-order valence-electron chi connectivity index (χ2n) is 5.96. The van der Waals surface area contributed by atoms with Crippen molar-refractivity contribution in [3.8, 4) is 0 Å². The van der Waals surface area contributed by atoms with E-state index < -0.39 is 5.60 Å². The fourth-order valence-electron chi connectivity index (χ4n) is 1.82. The minimum atomic E-state index is -0.480. The molecule has 86 valence electrons. The minimum absolute atomic E-state index is 0.00208. The van der Waals surface area contributed by atoms with Crippen molar-refractivity contribution >= 4 is 0 Å². The highest BCUT2D eigenvalue weighted by molar-refractivity contribution is 4.90. The topological polar surface area (TPSA) is 20.2 Å². The first-order chi connectivity index (χ1) is 6.23. The Balaban J connectivity index is 4.40. The van der Waals surface area contributed by atoms with E-state index in [1.807, 2.05) is 0 Å². The molecular weight excluding hydrogens is 172 g/mol. The first kappa shape index (κ1) is 14.0. The van der Waals surface area contributed by atoms with Crippen LogP contribution in [0.5, 0.6) is 0 Å². The Hall–Kier alpha value is -0.0400.